The van der Waals surface area contributed by atoms with Gasteiger partial charge in [0.1, 0.15) is 0 Å². The van der Waals surface area contributed by atoms with Crippen molar-refractivity contribution in [3.63, 3.8) is 0 Å². The lowest BCUT2D eigenvalue weighted by Gasteiger charge is -2.07. The number of hydrogen-bond donors (Lipinski definition) is 4. The summed E-state index contributed by atoms with van der Waals surface area (Å²) in [5, 5.41) is 11.9. The van der Waals surface area contributed by atoms with E-state index in [0.29, 0.717) is 22.5 Å². The molecule has 3 rings (SSSR count). The second-order valence-electron chi connectivity index (χ2n) is 5.65. The Balaban J connectivity index is 2.20. The molecule has 0 fully saturated rings. The standard InChI is InChI=1S/C17H18N6O2S/c1-11(21-22-17(19)20)15-10-23(16-5-3-2-4-14(15)16)26(24,25)13-8-6-12(18)7-9-13/h2-10H,18H2,1H3,(H4,19,20,22). The first-order chi connectivity index (χ1) is 12.3. The number of hydrogen-bond acceptors (Lipinski definition) is 5. The Morgan fingerprint density at radius 1 is 1.15 bits per heavy atom. The topological polar surface area (TPSA) is 139 Å². The summed E-state index contributed by atoms with van der Waals surface area (Å²) < 4.78 is 27.4. The molecule has 0 aliphatic rings. The normalized spacial score (nSPS) is 12.3. The molecule has 8 nitrogen and oxygen atoms in total. The van der Waals surface area contributed by atoms with Gasteiger partial charge < -0.3 is 11.5 Å². The average Bonchev–Trinajstić information content (AvgIpc) is 3.00. The predicted octanol–water partition coefficient (Wildman–Crippen LogP) is 1.67. The van der Waals surface area contributed by atoms with Crippen molar-refractivity contribution in [2.24, 2.45) is 10.8 Å². The van der Waals surface area contributed by atoms with Gasteiger partial charge in [0.05, 0.1) is 16.1 Å². The molecule has 0 radical (unpaired) electrons. The highest BCUT2D eigenvalue weighted by atomic mass is 32.2. The van der Waals surface area contributed by atoms with Crippen molar-refractivity contribution < 1.29 is 8.42 Å². The molecule has 0 aliphatic heterocycles. The first kappa shape index (κ1) is 17.5. The van der Waals surface area contributed by atoms with Crippen molar-refractivity contribution in [3.05, 3.63) is 60.3 Å². The van der Waals surface area contributed by atoms with Crippen LogP contribution < -0.4 is 16.9 Å². The van der Waals surface area contributed by atoms with Gasteiger partial charge in [-0.2, -0.15) is 5.10 Å². The molecule has 3 aromatic rings. The molecular weight excluding hydrogens is 352 g/mol. The highest BCUT2D eigenvalue weighted by Gasteiger charge is 2.21. The Hall–Kier alpha value is -3.33. The van der Waals surface area contributed by atoms with Crippen LogP contribution in [-0.2, 0) is 10.0 Å². The highest BCUT2D eigenvalue weighted by Crippen LogP contribution is 2.26. The molecule has 0 unspecified atom stereocenters. The number of benzene rings is 2. The third-order valence-electron chi connectivity index (χ3n) is 3.85. The zero-order valence-electron chi connectivity index (χ0n) is 14.0. The minimum Gasteiger partial charge on any atom is -0.399 e. The lowest BCUT2D eigenvalue weighted by molar-refractivity contribution is 0.589. The summed E-state index contributed by atoms with van der Waals surface area (Å²) >= 11 is 0. The smallest absolute Gasteiger partial charge is 0.268 e. The molecule has 0 saturated carbocycles. The number of anilines is 1. The van der Waals surface area contributed by atoms with Crippen LogP contribution in [0.15, 0.2) is 64.7 Å². The molecule has 1 aromatic heterocycles. The monoisotopic (exact) mass is 370 g/mol. The number of aromatic nitrogens is 1. The number of nitrogens with zero attached hydrogens (tertiary/aromatic N) is 2. The first-order valence-electron chi connectivity index (χ1n) is 7.66. The number of hydrazone groups is 1. The number of nitrogens with one attached hydrogen (secondary N) is 2. The molecule has 0 spiro atoms. The maximum atomic E-state index is 13.1. The highest BCUT2D eigenvalue weighted by molar-refractivity contribution is 7.90. The Morgan fingerprint density at radius 2 is 1.81 bits per heavy atom. The summed E-state index contributed by atoms with van der Waals surface area (Å²) in [6, 6.07) is 13.1. The van der Waals surface area contributed by atoms with E-state index in [2.05, 4.69) is 10.5 Å². The molecule has 9 heteroatoms. The van der Waals surface area contributed by atoms with Crippen LogP contribution in [-0.4, -0.2) is 24.1 Å². The fourth-order valence-electron chi connectivity index (χ4n) is 2.59. The van der Waals surface area contributed by atoms with Gasteiger partial charge >= 0.3 is 0 Å². The fraction of sp³-hybridized carbons (Fsp3) is 0.0588. The van der Waals surface area contributed by atoms with Gasteiger partial charge in [0, 0.05) is 22.8 Å². The molecule has 134 valence electrons. The number of nitrogens with two attached hydrogens (primary N) is 2. The van der Waals surface area contributed by atoms with E-state index in [-0.39, 0.29) is 10.9 Å². The van der Waals surface area contributed by atoms with Crippen LogP contribution in [0.3, 0.4) is 0 Å². The summed E-state index contributed by atoms with van der Waals surface area (Å²) in [6.07, 6.45) is 1.51. The van der Waals surface area contributed by atoms with Crippen molar-refractivity contribution >= 4 is 38.3 Å². The summed E-state index contributed by atoms with van der Waals surface area (Å²) in [4.78, 5) is 0.135. The molecule has 0 atom stereocenters. The first-order valence-corrected chi connectivity index (χ1v) is 9.10. The summed E-state index contributed by atoms with van der Waals surface area (Å²) in [7, 11) is -3.81. The molecule has 2 aromatic carbocycles. The Bertz CT molecular complexity index is 1110. The van der Waals surface area contributed by atoms with Gasteiger partial charge in [-0.05, 0) is 37.3 Å². The van der Waals surface area contributed by atoms with Crippen LogP contribution in [0.1, 0.15) is 12.5 Å². The number of para-hydroxylation sites is 1. The zero-order chi connectivity index (χ0) is 18.9. The van der Waals surface area contributed by atoms with E-state index in [4.69, 9.17) is 16.9 Å². The van der Waals surface area contributed by atoms with Crippen LogP contribution in [0.5, 0.6) is 0 Å². The minimum absolute atomic E-state index is 0.135. The molecule has 26 heavy (non-hydrogen) atoms. The maximum Gasteiger partial charge on any atom is 0.268 e. The van der Waals surface area contributed by atoms with Gasteiger partial charge in [-0.15, -0.1) is 0 Å². The quantitative estimate of drug-likeness (QED) is 0.239. The lowest BCUT2D eigenvalue weighted by Crippen LogP contribution is -2.26. The summed E-state index contributed by atoms with van der Waals surface area (Å²) in [5.74, 6) is -0.303. The van der Waals surface area contributed by atoms with Gasteiger partial charge in [0.2, 0.25) is 5.96 Å². The van der Waals surface area contributed by atoms with Crippen molar-refractivity contribution in [1.29, 1.82) is 5.41 Å². The summed E-state index contributed by atoms with van der Waals surface area (Å²) in [5.41, 5.74) is 15.4. The number of fused-ring (bicyclic) bond motifs is 1. The zero-order valence-corrected chi connectivity index (χ0v) is 14.8. The van der Waals surface area contributed by atoms with Crippen LogP contribution in [0.25, 0.3) is 10.9 Å². The SMILES string of the molecule is CC(=NNC(=N)N)c1cn(S(=O)(=O)c2ccc(N)cc2)c2ccccc12. The van der Waals surface area contributed by atoms with Gasteiger partial charge in [-0.25, -0.2) is 17.8 Å². The van der Waals surface area contributed by atoms with Crippen LogP contribution >= 0.6 is 0 Å². The van der Waals surface area contributed by atoms with Crippen LogP contribution in [0.2, 0.25) is 0 Å². The van der Waals surface area contributed by atoms with Gasteiger partial charge in [0.15, 0.2) is 0 Å². The van der Waals surface area contributed by atoms with Crippen LogP contribution in [0, 0.1) is 5.41 Å². The van der Waals surface area contributed by atoms with Crippen molar-refractivity contribution in [2.45, 2.75) is 11.8 Å². The second-order valence-corrected chi connectivity index (χ2v) is 7.47. The number of guanidine groups is 1. The third-order valence-corrected chi connectivity index (χ3v) is 5.54. The van der Waals surface area contributed by atoms with E-state index >= 15 is 0 Å². The van der Waals surface area contributed by atoms with E-state index in [9.17, 15) is 8.42 Å². The van der Waals surface area contributed by atoms with Crippen molar-refractivity contribution in [3.8, 4) is 0 Å². The Labute approximate surface area is 150 Å². The molecular formula is C17H18N6O2S. The van der Waals surface area contributed by atoms with Crippen LogP contribution in [0.4, 0.5) is 5.69 Å². The van der Waals surface area contributed by atoms with E-state index in [1.54, 1.807) is 31.2 Å². The third kappa shape index (κ3) is 3.11. The maximum absolute atomic E-state index is 13.1. The van der Waals surface area contributed by atoms with E-state index in [1.165, 1.54) is 22.3 Å². The van der Waals surface area contributed by atoms with Crippen molar-refractivity contribution in [2.75, 3.05) is 5.73 Å². The molecule has 6 N–H and O–H groups in total. The van der Waals surface area contributed by atoms with Gasteiger partial charge in [-0.3, -0.25) is 5.41 Å². The molecule has 0 bridgehead atoms. The number of rotatable bonds is 4. The van der Waals surface area contributed by atoms with Crippen molar-refractivity contribution in [1.82, 2.24) is 9.40 Å². The average molecular weight is 370 g/mol. The number of nitrogen functional groups attached to an aromatic ring is 1. The Morgan fingerprint density at radius 3 is 2.46 bits per heavy atom. The molecule has 0 amide bonds. The molecule has 0 saturated heterocycles. The van der Waals surface area contributed by atoms with Gasteiger partial charge in [-0.1, -0.05) is 18.2 Å². The summed E-state index contributed by atoms with van der Waals surface area (Å²) in [6.45, 7) is 1.71. The molecule has 0 aliphatic carbocycles. The second kappa shape index (κ2) is 6.52. The van der Waals surface area contributed by atoms with E-state index < -0.39 is 10.0 Å². The Kier molecular flexibility index (Phi) is 4.39. The minimum atomic E-state index is -3.81. The van der Waals surface area contributed by atoms with E-state index in [1.807, 2.05) is 12.1 Å². The molecule has 1 heterocycles. The predicted molar refractivity (Wildman–Crippen MR) is 103 cm³/mol. The fourth-order valence-corrected chi connectivity index (χ4v) is 3.96. The lowest BCUT2D eigenvalue weighted by atomic mass is 10.1. The largest absolute Gasteiger partial charge is 0.399 e. The van der Waals surface area contributed by atoms with E-state index in [0.717, 1.165) is 5.39 Å². The van der Waals surface area contributed by atoms with Gasteiger partial charge in [0.25, 0.3) is 10.0 Å².